The van der Waals surface area contributed by atoms with Gasteiger partial charge in [-0.05, 0) is 24.5 Å². The molecule has 1 heterocycles. The predicted octanol–water partition coefficient (Wildman–Crippen LogP) is 1.66. The molecule has 1 aromatic heterocycles. The predicted molar refractivity (Wildman–Crippen MR) is 71.5 cm³/mol. The molecule has 3 N–H and O–H groups in total. The van der Waals surface area contributed by atoms with Gasteiger partial charge in [0.1, 0.15) is 5.82 Å². The number of primary amides is 1. The molecule has 18 heavy (non-hydrogen) atoms. The summed E-state index contributed by atoms with van der Waals surface area (Å²) < 4.78 is 5.46. The summed E-state index contributed by atoms with van der Waals surface area (Å²) in [6, 6.07) is 3.34. The highest BCUT2D eigenvalue weighted by molar-refractivity contribution is 5.97. The van der Waals surface area contributed by atoms with Crippen molar-refractivity contribution in [2.24, 2.45) is 11.7 Å². The summed E-state index contributed by atoms with van der Waals surface area (Å²) >= 11 is 0. The molecular formula is C13H21N3O2. The maximum absolute atomic E-state index is 11.1. The van der Waals surface area contributed by atoms with Crippen LogP contribution >= 0.6 is 0 Å². The SMILES string of the molecule is CC(C)CCOCCNc1ncccc1C(N)=O. The van der Waals surface area contributed by atoms with E-state index in [4.69, 9.17) is 10.5 Å². The summed E-state index contributed by atoms with van der Waals surface area (Å²) in [5, 5.41) is 3.05. The molecule has 0 aliphatic carbocycles. The molecule has 0 fully saturated rings. The van der Waals surface area contributed by atoms with E-state index in [9.17, 15) is 4.79 Å². The van der Waals surface area contributed by atoms with Crippen LogP contribution in [0.4, 0.5) is 5.82 Å². The highest BCUT2D eigenvalue weighted by atomic mass is 16.5. The van der Waals surface area contributed by atoms with E-state index in [1.165, 1.54) is 0 Å². The number of pyridine rings is 1. The Labute approximate surface area is 108 Å². The van der Waals surface area contributed by atoms with Crippen molar-refractivity contribution >= 4 is 11.7 Å². The summed E-state index contributed by atoms with van der Waals surface area (Å²) in [7, 11) is 0. The van der Waals surface area contributed by atoms with Gasteiger partial charge >= 0.3 is 0 Å². The number of amides is 1. The number of hydrogen-bond donors (Lipinski definition) is 2. The average molecular weight is 251 g/mol. The van der Waals surface area contributed by atoms with Crippen LogP contribution in [0.3, 0.4) is 0 Å². The summed E-state index contributed by atoms with van der Waals surface area (Å²) in [6.07, 6.45) is 2.67. The van der Waals surface area contributed by atoms with Crippen LogP contribution in [-0.4, -0.2) is 30.6 Å². The quantitative estimate of drug-likeness (QED) is 0.689. The van der Waals surface area contributed by atoms with Gasteiger partial charge in [-0.2, -0.15) is 0 Å². The molecule has 0 radical (unpaired) electrons. The fourth-order valence-electron chi connectivity index (χ4n) is 1.41. The molecule has 0 saturated heterocycles. The number of nitrogens with one attached hydrogen (secondary N) is 1. The van der Waals surface area contributed by atoms with E-state index >= 15 is 0 Å². The Hall–Kier alpha value is -1.62. The van der Waals surface area contributed by atoms with Crippen molar-refractivity contribution < 1.29 is 9.53 Å². The lowest BCUT2D eigenvalue weighted by molar-refractivity contribution is 0.100. The molecule has 1 rings (SSSR count). The number of anilines is 1. The summed E-state index contributed by atoms with van der Waals surface area (Å²) in [4.78, 5) is 15.2. The van der Waals surface area contributed by atoms with Crippen LogP contribution in [0.1, 0.15) is 30.6 Å². The van der Waals surface area contributed by atoms with Crippen LogP contribution in [0.5, 0.6) is 0 Å². The maximum atomic E-state index is 11.1. The molecule has 0 atom stereocenters. The normalized spacial score (nSPS) is 10.6. The third-order valence-corrected chi connectivity index (χ3v) is 2.45. The summed E-state index contributed by atoms with van der Waals surface area (Å²) in [5.41, 5.74) is 5.65. The van der Waals surface area contributed by atoms with Crippen molar-refractivity contribution in [2.75, 3.05) is 25.1 Å². The van der Waals surface area contributed by atoms with E-state index < -0.39 is 5.91 Å². The Morgan fingerprint density at radius 2 is 2.28 bits per heavy atom. The minimum atomic E-state index is -0.480. The number of nitrogens with zero attached hydrogens (tertiary/aromatic N) is 1. The van der Waals surface area contributed by atoms with E-state index in [-0.39, 0.29) is 0 Å². The number of ether oxygens (including phenoxy) is 1. The van der Waals surface area contributed by atoms with Gasteiger partial charge in [-0.15, -0.1) is 0 Å². The minimum absolute atomic E-state index is 0.402. The Bertz CT molecular complexity index is 380. The number of aromatic nitrogens is 1. The Morgan fingerprint density at radius 1 is 1.50 bits per heavy atom. The molecule has 0 aliphatic rings. The van der Waals surface area contributed by atoms with Gasteiger partial charge < -0.3 is 15.8 Å². The molecule has 0 aliphatic heterocycles. The monoisotopic (exact) mass is 251 g/mol. The Morgan fingerprint density at radius 3 is 2.94 bits per heavy atom. The maximum Gasteiger partial charge on any atom is 0.252 e. The number of carbonyl (C=O) groups excluding carboxylic acids is 1. The molecule has 1 amide bonds. The number of nitrogens with two attached hydrogens (primary N) is 1. The van der Waals surface area contributed by atoms with Gasteiger partial charge in [0, 0.05) is 19.3 Å². The highest BCUT2D eigenvalue weighted by Crippen LogP contribution is 2.09. The van der Waals surface area contributed by atoms with Crippen molar-refractivity contribution in [3.05, 3.63) is 23.9 Å². The Kier molecular flexibility index (Phi) is 6.14. The average Bonchev–Trinajstić information content (AvgIpc) is 2.33. The zero-order chi connectivity index (χ0) is 13.4. The lowest BCUT2D eigenvalue weighted by Crippen LogP contribution is -2.17. The summed E-state index contributed by atoms with van der Waals surface area (Å²) in [5.74, 6) is 0.680. The van der Waals surface area contributed by atoms with Crippen molar-refractivity contribution in [1.29, 1.82) is 0 Å². The van der Waals surface area contributed by atoms with Gasteiger partial charge in [-0.1, -0.05) is 13.8 Å². The highest BCUT2D eigenvalue weighted by Gasteiger charge is 2.07. The van der Waals surface area contributed by atoms with Gasteiger partial charge in [0.2, 0.25) is 0 Å². The van der Waals surface area contributed by atoms with Crippen molar-refractivity contribution in [3.8, 4) is 0 Å². The van der Waals surface area contributed by atoms with E-state index in [1.54, 1.807) is 18.3 Å². The molecule has 0 saturated carbocycles. The standard InChI is InChI=1S/C13H21N3O2/c1-10(2)5-8-18-9-7-16-13-11(12(14)17)4-3-6-15-13/h3-4,6,10H,5,7-9H2,1-2H3,(H2,14,17)(H,15,16). The molecule has 5 heteroatoms. The van der Waals surface area contributed by atoms with Gasteiger partial charge in [0.05, 0.1) is 12.2 Å². The van der Waals surface area contributed by atoms with Crippen LogP contribution in [0.2, 0.25) is 0 Å². The Balaban J connectivity index is 2.29. The van der Waals surface area contributed by atoms with Gasteiger partial charge in [0.15, 0.2) is 0 Å². The first kappa shape index (κ1) is 14.4. The molecule has 1 aromatic rings. The molecular weight excluding hydrogens is 230 g/mol. The molecule has 0 bridgehead atoms. The van der Waals surface area contributed by atoms with E-state index in [0.29, 0.717) is 30.5 Å². The van der Waals surface area contributed by atoms with Crippen LogP contribution < -0.4 is 11.1 Å². The smallest absolute Gasteiger partial charge is 0.252 e. The van der Waals surface area contributed by atoms with Gasteiger partial charge in [0.25, 0.3) is 5.91 Å². The van der Waals surface area contributed by atoms with Gasteiger partial charge in [-0.25, -0.2) is 4.98 Å². The zero-order valence-electron chi connectivity index (χ0n) is 11.0. The molecule has 100 valence electrons. The van der Waals surface area contributed by atoms with Crippen LogP contribution in [0.25, 0.3) is 0 Å². The molecule has 0 unspecified atom stereocenters. The second kappa shape index (κ2) is 7.66. The zero-order valence-corrected chi connectivity index (χ0v) is 11.0. The van der Waals surface area contributed by atoms with Crippen LogP contribution in [0.15, 0.2) is 18.3 Å². The van der Waals surface area contributed by atoms with E-state index in [2.05, 4.69) is 24.1 Å². The first-order valence-electron chi connectivity index (χ1n) is 6.17. The minimum Gasteiger partial charge on any atom is -0.380 e. The third-order valence-electron chi connectivity index (χ3n) is 2.45. The number of hydrogen-bond acceptors (Lipinski definition) is 4. The fourth-order valence-corrected chi connectivity index (χ4v) is 1.41. The topological polar surface area (TPSA) is 77.2 Å². The van der Waals surface area contributed by atoms with Crippen LogP contribution in [-0.2, 0) is 4.74 Å². The number of carbonyl (C=O) groups is 1. The summed E-state index contributed by atoms with van der Waals surface area (Å²) in [6.45, 7) is 6.27. The first-order chi connectivity index (χ1) is 8.61. The molecule has 5 nitrogen and oxygen atoms in total. The lowest BCUT2D eigenvalue weighted by atomic mass is 10.1. The van der Waals surface area contributed by atoms with Crippen molar-refractivity contribution in [2.45, 2.75) is 20.3 Å². The second-order valence-corrected chi connectivity index (χ2v) is 4.49. The number of rotatable bonds is 8. The largest absolute Gasteiger partial charge is 0.380 e. The van der Waals surface area contributed by atoms with Gasteiger partial charge in [-0.3, -0.25) is 4.79 Å². The molecule has 0 spiro atoms. The fraction of sp³-hybridized carbons (Fsp3) is 0.538. The lowest BCUT2D eigenvalue weighted by Gasteiger charge is -2.09. The van der Waals surface area contributed by atoms with Crippen molar-refractivity contribution in [3.63, 3.8) is 0 Å². The van der Waals surface area contributed by atoms with E-state index in [1.807, 2.05) is 0 Å². The molecule has 0 aromatic carbocycles. The second-order valence-electron chi connectivity index (χ2n) is 4.49. The first-order valence-corrected chi connectivity index (χ1v) is 6.17. The third kappa shape index (κ3) is 5.14. The van der Waals surface area contributed by atoms with Crippen LogP contribution in [0, 0.1) is 5.92 Å². The van der Waals surface area contributed by atoms with Crippen molar-refractivity contribution in [1.82, 2.24) is 4.98 Å². The van der Waals surface area contributed by atoms with E-state index in [0.717, 1.165) is 13.0 Å².